The summed E-state index contributed by atoms with van der Waals surface area (Å²) in [7, 11) is 0. The largest absolute Gasteiger partial charge is 0.343 e. The molecule has 0 amide bonds. The highest BCUT2D eigenvalue weighted by Crippen LogP contribution is 2.36. The van der Waals surface area contributed by atoms with Crippen LogP contribution in [0.5, 0.6) is 0 Å². The van der Waals surface area contributed by atoms with E-state index in [1.807, 2.05) is 13.0 Å². The standard InChI is InChI=1S/C13H26O3.C8H14O/c1-5-13(14,15)16-12-8-10(4)6-7-11(12)9(2)3;1-3-5-6-7-8(9)4-2/h9-12,14-15H,5-8H2,1-4H3;6-7H,3-5H2,1-2H3. The van der Waals surface area contributed by atoms with Gasteiger partial charge in [-0.3, -0.25) is 4.79 Å². The van der Waals surface area contributed by atoms with Gasteiger partial charge in [0.15, 0.2) is 5.78 Å². The Balaban J connectivity index is 0.000000547. The van der Waals surface area contributed by atoms with Gasteiger partial charge < -0.3 is 14.9 Å². The molecule has 0 aromatic rings. The van der Waals surface area contributed by atoms with Crippen molar-refractivity contribution in [3.8, 4) is 0 Å². The molecule has 0 heterocycles. The van der Waals surface area contributed by atoms with E-state index in [2.05, 4.69) is 27.7 Å². The maximum Gasteiger partial charge on any atom is 0.277 e. The van der Waals surface area contributed by atoms with Crippen molar-refractivity contribution in [1.82, 2.24) is 0 Å². The SMILES string of the molecule is CCC(O)(O)OC1CC(C)CCC1C(C)C.CCCC=CC(=O)CC. The highest BCUT2D eigenvalue weighted by molar-refractivity contribution is 5.89. The van der Waals surface area contributed by atoms with Crippen LogP contribution in [0.1, 0.15) is 86.5 Å². The molecule has 25 heavy (non-hydrogen) atoms. The van der Waals surface area contributed by atoms with Gasteiger partial charge in [-0.25, -0.2) is 0 Å². The first-order valence-corrected chi connectivity index (χ1v) is 9.98. The fraction of sp³-hybridized carbons (Fsp3) is 0.857. The number of rotatable bonds is 8. The van der Waals surface area contributed by atoms with Gasteiger partial charge in [0.2, 0.25) is 0 Å². The molecule has 1 aliphatic carbocycles. The number of allylic oxidation sites excluding steroid dienone is 2. The molecule has 4 nitrogen and oxygen atoms in total. The average Bonchev–Trinajstić information content (AvgIpc) is 2.55. The number of unbranched alkanes of at least 4 members (excludes halogenated alkanes) is 1. The van der Waals surface area contributed by atoms with E-state index in [1.165, 1.54) is 6.42 Å². The van der Waals surface area contributed by atoms with E-state index in [1.54, 1.807) is 13.0 Å². The Morgan fingerprint density at radius 3 is 2.36 bits per heavy atom. The predicted octanol–water partition coefficient (Wildman–Crippen LogP) is 4.83. The van der Waals surface area contributed by atoms with Crippen LogP contribution < -0.4 is 0 Å². The summed E-state index contributed by atoms with van der Waals surface area (Å²) in [5, 5.41) is 19.2. The van der Waals surface area contributed by atoms with E-state index < -0.39 is 5.97 Å². The van der Waals surface area contributed by atoms with Crippen LogP contribution in [-0.4, -0.2) is 28.1 Å². The minimum atomic E-state index is -1.95. The smallest absolute Gasteiger partial charge is 0.277 e. The van der Waals surface area contributed by atoms with Gasteiger partial charge >= 0.3 is 0 Å². The van der Waals surface area contributed by atoms with E-state index >= 15 is 0 Å². The molecule has 0 radical (unpaired) electrons. The summed E-state index contributed by atoms with van der Waals surface area (Å²) in [5.74, 6) is -0.128. The van der Waals surface area contributed by atoms with Crippen molar-refractivity contribution >= 4 is 5.78 Å². The van der Waals surface area contributed by atoms with Crippen molar-refractivity contribution in [1.29, 1.82) is 0 Å². The molecular formula is C21H40O4. The lowest BCUT2D eigenvalue weighted by Gasteiger charge is -2.39. The van der Waals surface area contributed by atoms with Crippen molar-refractivity contribution in [2.45, 2.75) is 98.6 Å². The number of aliphatic hydroxyl groups is 2. The molecule has 0 aliphatic heterocycles. The van der Waals surface area contributed by atoms with Gasteiger partial charge in [-0.05, 0) is 43.1 Å². The Bertz CT molecular complexity index is 387. The normalized spacial score (nSPS) is 24.3. The quantitative estimate of drug-likeness (QED) is 0.483. The molecule has 1 saturated carbocycles. The van der Waals surface area contributed by atoms with Gasteiger partial charge in [-0.1, -0.05) is 60.5 Å². The van der Waals surface area contributed by atoms with Crippen LogP contribution in [0, 0.1) is 17.8 Å². The third-order valence-corrected chi connectivity index (χ3v) is 4.87. The molecule has 148 valence electrons. The Morgan fingerprint density at radius 2 is 1.88 bits per heavy atom. The Morgan fingerprint density at radius 1 is 1.24 bits per heavy atom. The zero-order valence-corrected chi connectivity index (χ0v) is 17.1. The molecule has 0 bridgehead atoms. The van der Waals surface area contributed by atoms with Crippen LogP contribution in [0.2, 0.25) is 0 Å². The van der Waals surface area contributed by atoms with Crippen LogP contribution in [0.25, 0.3) is 0 Å². The monoisotopic (exact) mass is 356 g/mol. The van der Waals surface area contributed by atoms with Gasteiger partial charge in [0.25, 0.3) is 5.97 Å². The van der Waals surface area contributed by atoms with Gasteiger partial charge in [-0.15, -0.1) is 0 Å². The van der Waals surface area contributed by atoms with Crippen LogP contribution in [0.4, 0.5) is 0 Å². The van der Waals surface area contributed by atoms with Crippen LogP contribution in [0.15, 0.2) is 12.2 Å². The lowest BCUT2D eigenvalue weighted by molar-refractivity contribution is -0.364. The lowest BCUT2D eigenvalue weighted by atomic mass is 9.75. The molecule has 1 rings (SSSR count). The number of carbonyl (C=O) groups is 1. The number of ketones is 1. The van der Waals surface area contributed by atoms with Crippen molar-refractivity contribution in [2.24, 2.45) is 17.8 Å². The van der Waals surface area contributed by atoms with Gasteiger partial charge in [0.05, 0.1) is 6.10 Å². The molecule has 0 aromatic heterocycles. The first-order valence-electron chi connectivity index (χ1n) is 9.98. The minimum Gasteiger partial charge on any atom is -0.343 e. The van der Waals surface area contributed by atoms with Crippen LogP contribution in [0.3, 0.4) is 0 Å². The van der Waals surface area contributed by atoms with Crippen molar-refractivity contribution in [3.05, 3.63) is 12.2 Å². The molecule has 0 spiro atoms. The Labute approximate surface area is 154 Å². The number of ether oxygens (including phenoxy) is 1. The minimum absolute atomic E-state index is 0.0151. The van der Waals surface area contributed by atoms with Crippen molar-refractivity contribution in [3.63, 3.8) is 0 Å². The second-order valence-corrected chi connectivity index (χ2v) is 7.59. The highest BCUT2D eigenvalue weighted by atomic mass is 16.8. The summed E-state index contributed by atoms with van der Waals surface area (Å²) in [6.07, 6.45) is 9.85. The van der Waals surface area contributed by atoms with Crippen LogP contribution in [-0.2, 0) is 9.53 Å². The maximum absolute atomic E-state index is 10.6. The first-order chi connectivity index (χ1) is 11.7. The van der Waals surface area contributed by atoms with E-state index in [4.69, 9.17) is 4.74 Å². The van der Waals surface area contributed by atoms with Crippen molar-refractivity contribution < 1.29 is 19.7 Å². The predicted molar refractivity (Wildman–Crippen MR) is 103 cm³/mol. The maximum atomic E-state index is 10.6. The molecule has 0 aromatic carbocycles. The van der Waals surface area contributed by atoms with Crippen LogP contribution >= 0.6 is 0 Å². The number of carbonyl (C=O) groups excluding carboxylic acids is 1. The van der Waals surface area contributed by atoms with Crippen molar-refractivity contribution in [2.75, 3.05) is 0 Å². The third kappa shape index (κ3) is 10.8. The summed E-state index contributed by atoms with van der Waals surface area (Å²) in [6.45, 7) is 12.3. The summed E-state index contributed by atoms with van der Waals surface area (Å²) < 4.78 is 5.48. The molecule has 2 N–H and O–H groups in total. The Kier molecular flexibility index (Phi) is 12.3. The summed E-state index contributed by atoms with van der Waals surface area (Å²) in [4.78, 5) is 10.6. The van der Waals surface area contributed by atoms with E-state index in [0.717, 1.165) is 25.7 Å². The number of hydrogen-bond acceptors (Lipinski definition) is 4. The fourth-order valence-electron chi connectivity index (χ4n) is 3.08. The molecule has 1 fully saturated rings. The molecule has 0 saturated heterocycles. The topological polar surface area (TPSA) is 66.8 Å². The first kappa shape index (κ1) is 24.3. The zero-order chi connectivity index (χ0) is 19.5. The zero-order valence-electron chi connectivity index (χ0n) is 17.1. The molecule has 3 unspecified atom stereocenters. The van der Waals surface area contributed by atoms with E-state index in [0.29, 0.717) is 24.2 Å². The fourth-order valence-corrected chi connectivity index (χ4v) is 3.08. The molecule has 1 aliphatic rings. The van der Waals surface area contributed by atoms with Gasteiger partial charge in [-0.2, -0.15) is 0 Å². The number of hydrogen-bond donors (Lipinski definition) is 2. The highest BCUT2D eigenvalue weighted by Gasteiger charge is 2.36. The molecular weight excluding hydrogens is 316 g/mol. The third-order valence-electron chi connectivity index (χ3n) is 4.87. The summed E-state index contributed by atoms with van der Waals surface area (Å²) in [5.41, 5.74) is 0. The summed E-state index contributed by atoms with van der Waals surface area (Å²) >= 11 is 0. The van der Waals surface area contributed by atoms with E-state index in [9.17, 15) is 15.0 Å². The second kappa shape index (κ2) is 12.6. The Hall–Kier alpha value is -0.710. The average molecular weight is 357 g/mol. The summed E-state index contributed by atoms with van der Waals surface area (Å²) in [6, 6.07) is 0. The van der Waals surface area contributed by atoms with Gasteiger partial charge in [0, 0.05) is 12.8 Å². The second-order valence-electron chi connectivity index (χ2n) is 7.59. The van der Waals surface area contributed by atoms with Gasteiger partial charge in [0.1, 0.15) is 0 Å². The molecule has 4 heteroatoms. The lowest BCUT2D eigenvalue weighted by Crippen LogP contribution is -2.43. The van der Waals surface area contributed by atoms with E-state index in [-0.39, 0.29) is 18.3 Å². The molecule has 3 atom stereocenters.